The second kappa shape index (κ2) is 32.5. The maximum absolute atomic E-state index is 12.6. The van der Waals surface area contributed by atoms with Gasteiger partial charge in [0.05, 0.1) is 40.3 Å². The third kappa shape index (κ3) is 30.4. The van der Waals surface area contributed by atoms with Gasteiger partial charge >= 0.3 is 11.9 Å². The molecule has 0 aliphatic rings. The van der Waals surface area contributed by atoms with Gasteiger partial charge in [0, 0.05) is 19.3 Å². The molecule has 0 aromatic carbocycles. The van der Waals surface area contributed by atoms with Crippen LogP contribution in [0.25, 0.3) is 0 Å². The number of carboxylic acid groups (broad SMARTS) is 1. The normalized spacial score (nSPS) is 12.9. The molecule has 0 heterocycles. The van der Waals surface area contributed by atoms with E-state index in [1.165, 1.54) is 116 Å². The first kappa shape index (κ1) is 46.3. The lowest BCUT2D eigenvalue weighted by Gasteiger charge is -2.34. The molecule has 0 rings (SSSR count). The zero-order valence-electron chi connectivity index (χ0n) is 32.2. The fourth-order valence-corrected chi connectivity index (χ4v) is 6.07. The summed E-state index contributed by atoms with van der Waals surface area (Å²) in [4.78, 5) is 36.5. The minimum atomic E-state index is -1.12. The Morgan fingerprint density at radius 3 is 1.29 bits per heavy atom. The monoisotopic (exact) mass is 684 g/mol. The van der Waals surface area contributed by atoms with Crippen molar-refractivity contribution < 1.29 is 38.2 Å². The van der Waals surface area contributed by atoms with Crippen LogP contribution in [0.4, 0.5) is 0 Å². The van der Waals surface area contributed by atoms with Crippen molar-refractivity contribution in [3.8, 4) is 0 Å². The maximum Gasteiger partial charge on any atom is 0.306 e. The Morgan fingerprint density at radius 1 is 0.542 bits per heavy atom. The van der Waals surface area contributed by atoms with Gasteiger partial charge in [-0.2, -0.15) is 0 Å². The van der Waals surface area contributed by atoms with Crippen molar-refractivity contribution in [3.05, 3.63) is 0 Å². The molecule has 2 unspecified atom stereocenters. The predicted octanol–water partition coefficient (Wildman–Crippen LogP) is 8.86. The van der Waals surface area contributed by atoms with Crippen molar-refractivity contribution in [1.29, 1.82) is 0 Å². The summed E-state index contributed by atoms with van der Waals surface area (Å²) in [6.07, 6.45) is 30.0. The van der Waals surface area contributed by atoms with Gasteiger partial charge in [-0.25, -0.2) is 0 Å². The molecule has 8 nitrogen and oxygen atoms in total. The van der Waals surface area contributed by atoms with Gasteiger partial charge in [-0.15, -0.1) is 0 Å². The Bertz CT molecular complexity index is 767. The lowest BCUT2D eigenvalue weighted by atomic mass is 10.0. The lowest BCUT2D eigenvalue weighted by Crippen LogP contribution is -2.55. The highest BCUT2D eigenvalue weighted by Gasteiger charge is 2.25. The van der Waals surface area contributed by atoms with E-state index in [1.54, 1.807) is 21.1 Å². The molecule has 0 spiro atoms. The maximum atomic E-state index is 12.6. The number of likely N-dealkylation sites (N-methyl/N-ethyl adjacent to an activating group) is 1. The van der Waals surface area contributed by atoms with Crippen LogP contribution in [0.2, 0.25) is 0 Å². The number of carbonyl (C=O) groups excluding carboxylic acids is 3. The second-order valence-corrected chi connectivity index (χ2v) is 14.9. The van der Waals surface area contributed by atoms with Gasteiger partial charge in [-0.05, 0) is 12.8 Å². The van der Waals surface area contributed by atoms with E-state index in [4.69, 9.17) is 14.2 Å². The third-order valence-electron chi connectivity index (χ3n) is 9.24. The van der Waals surface area contributed by atoms with Crippen LogP contribution >= 0.6 is 0 Å². The summed E-state index contributed by atoms with van der Waals surface area (Å²) < 4.78 is 17.0. The van der Waals surface area contributed by atoms with E-state index < -0.39 is 18.1 Å². The van der Waals surface area contributed by atoms with Crippen LogP contribution in [0.15, 0.2) is 0 Å². The highest BCUT2D eigenvalue weighted by atomic mass is 16.6. The number of nitrogens with zero attached hydrogens (tertiary/aromatic N) is 1. The largest absolute Gasteiger partial charge is 0.544 e. The molecule has 48 heavy (non-hydrogen) atoms. The summed E-state index contributed by atoms with van der Waals surface area (Å²) in [5.41, 5.74) is 0. The van der Waals surface area contributed by atoms with Gasteiger partial charge < -0.3 is 28.6 Å². The number of rotatable bonds is 36. The van der Waals surface area contributed by atoms with Gasteiger partial charge in [0.2, 0.25) is 0 Å². The van der Waals surface area contributed by atoms with Crippen molar-refractivity contribution in [2.24, 2.45) is 0 Å². The molecule has 0 aliphatic carbocycles. The second-order valence-electron chi connectivity index (χ2n) is 14.9. The Morgan fingerprint density at radius 2 is 0.917 bits per heavy atom. The molecule has 0 bridgehead atoms. The zero-order chi connectivity index (χ0) is 35.7. The highest BCUT2D eigenvalue weighted by molar-refractivity contribution is 5.70. The first-order valence-corrected chi connectivity index (χ1v) is 20.1. The smallest absolute Gasteiger partial charge is 0.306 e. The topological polar surface area (TPSA) is 102 Å². The van der Waals surface area contributed by atoms with E-state index in [-0.39, 0.29) is 42.7 Å². The van der Waals surface area contributed by atoms with Crippen molar-refractivity contribution >= 4 is 17.9 Å². The first-order valence-electron chi connectivity index (χ1n) is 20.1. The first-order chi connectivity index (χ1) is 23.1. The van der Waals surface area contributed by atoms with Crippen molar-refractivity contribution in [1.82, 2.24) is 0 Å². The molecular formula is C40H77NO7. The van der Waals surface area contributed by atoms with Crippen LogP contribution < -0.4 is 5.11 Å². The number of unbranched alkanes of at least 4 members (excludes halogenated alkanes) is 22. The number of quaternary nitrogens is 1. The van der Waals surface area contributed by atoms with Gasteiger partial charge in [0.25, 0.3) is 0 Å². The molecule has 0 aromatic heterocycles. The number of ether oxygens (including phenoxy) is 3. The summed E-state index contributed by atoms with van der Waals surface area (Å²) in [6.45, 7) is 4.62. The van der Waals surface area contributed by atoms with Crippen molar-refractivity contribution in [2.75, 3.05) is 41.0 Å². The van der Waals surface area contributed by atoms with Gasteiger partial charge in [-0.1, -0.05) is 155 Å². The number of carboxylic acids is 1. The summed E-state index contributed by atoms with van der Waals surface area (Å²) in [7, 11) is 5.40. The summed E-state index contributed by atoms with van der Waals surface area (Å²) in [6, 6.07) is -0.717. The SMILES string of the molecule is CCCCCCCCCCCCCCCCCCCCC(=O)OC(COCCC(C(=O)[O-])[N+](C)(C)C)COC(=O)CCCCCCCC. The van der Waals surface area contributed by atoms with Crippen LogP contribution in [0.1, 0.15) is 187 Å². The minimum Gasteiger partial charge on any atom is -0.544 e. The number of carbonyl (C=O) groups is 3. The van der Waals surface area contributed by atoms with E-state index in [2.05, 4.69) is 13.8 Å². The van der Waals surface area contributed by atoms with E-state index in [0.29, 0.717) is 12.8 Å². The molecule has 0 saturated heterocycles. The van der Waals surface area contributed by atoms with Crippen LogP contribution in [0.3, 0.4) is 0 Å². The number of esters is 2. The van der Waals surface area contributed by atoms with Gasteiger partial charge in [0.1, 0.15) is 12.6 Å². The van der Waals surface area contributed by atoms with E-state index in [1.807, 2.05) is 0 Å². The molecule has 0 fully saturated rings. The number of aliphatic carboxylic acids is 1. The fourth-order valence-electron chi connectivity index (χ4n) is 6.07. The van der Waals surface area contributed by atoms with Crippen LogP contribution in [-0.4, -0.2) is 75.5 Å². The van der Waals surface area contributed by atoms with E-state index in [0.717, 1.165) is 38.5 Å². The Balaban J connectivity index is 4.20. The number of hydrogen-bond acceptors (Lipinski definition) is 7. The summed E-state index contributed by atoms with van der Waals surface area (Å²) in [5.74, 6) is -1.73. The lowest BCUT2D eigenvalue weighted by molar-refractivity contribution is -0.889. The molecule has 0 amide bonds. The molecule has 2 atom stereocenters. The molecule has 8 heteroatoms. The molecule has 0 aliphatic heterocycles. The highest BCUT2D eigenvalue weighted by Crippen LogP contribution is 2.15. The van der Waals surface area contributed by atoms with Crippen LogP contribution in [0, 0.1) is 0 Å². The molecule has 0 saturated carbocycles. The number of hydrogen-bond donors (Lipinski definition) is 0. The summed E-state index contributed by atoms with van der Waals surface area (Å²) in [5, 5.41) is 11.5. The van der Waals surface area contributed by atoms with Gasteiger partial charge in [-0.3, -0.25) is 9.59 Å². The van der Waals surface area contributed by atoms with E-state index in [9.17, 15) is 19.5 Å². The quantitative estimate of drug-likeness (QED) is 0.0369. The average molecular weight is 684 g/mol. The van der Waals surface area contributed by atoms with Crippen molar-refractivity contribution in [3.63, 3.8) is 0 Å². The predicted molar refractivity (Wildman–Crippen MR) is 194 cm³/mol. The molecular weight excluding hydrogens is 606 g/mol. The molecule has 0 aromatic rings. The van der Waals surface area contributed by atoms with E-state index >= 15 is 0 Å². The fraction of sp³-hybridized carbons (Fsp3) is 0.925. The Kier molecular flexibility index (Phi) is 31.4. The third-order valence-corrected chi connectivity index (χ3v) is 9.24. The minimum absolute atomic E-state index is 0.0477. The Labute approximate surface area is 296 Å². The molecule has 0 N–H and O–H groups in total. The Hall–Kier alpha value is -1.67. The standard InChI is InChI=1S/C40H77NO7/c1-6-8-10-12-14-15-16-17-18-19-20-21-22-23-24-25-27-29-31-39(43)48-36(34-46-33-32-37(40(44)45)41(3,4)5)35-47-38(42)30-28-26-13-11-9-7-2/h36-37H,6-35H2,1-5H3. The summed E-state index contributed by atoms with van der Waals surface area (Å²) >= 11 is 0. The molecule has 0 radical (unpaired) electrons. The zero-order valence-corrected chi connectivity index (χ0v) is 32.2. The van der Waals surface area contributed by atoms with Crippen molar-refractivity contribution in [2.45, 2.75) is 199 Å². The molecule has 284 valence electrons. The van der Waals surface area contributed by atoms with Crippen LogP contribution in [-0.2, 0) is 28.6 Å². The average Bonchev–Trinajstić information content (AvgIpc) is 3.03. The van der Waals surface area contributed by atoms with Crippen LogP contribution in [0.5, 0.6) is 0 Å². The van der Waals surface area contributed by atoms with Gasteiger partial charge in [0.15, 0.2) is 6.10 Å².